The summed E-state index contributed by atoms with van der Waals surface area (Å²) < 4.78 is 13.4. The van der Waals surface area contributed by atoms with E-state index in [1.165, 1.54) is 0 Å². The molecule has 0 saturated heterocycles. The van der Waals surface area contributed by atoms with Gasteiger partial charge in [0.05, 0.1) is 12.6 Å². The lowest BCUT2D eigenvalue weighted by atomic mass is 10.1. The van der Waals surface area contributed by atoms with Crippen LogP contribution in [-0.2, 0) is 13.1 Å². The van der Waals surface area contributed by atoms with Crippen LogP contribution in [0.25, 0.3) is 0 Å². The van der Waals surface area contributed by atoms with E-state index in [2.05, 4.69) is 15.4 Å². The molecule has 6 heteroatoms. The Morgan fingerprint density at radius 2 is 2.13 bits per heavy atom. The average molecular weight is 310 g/mol. The topological polar surface area (TPSA) is 65.1 Å². The molecular formula is C17H18N4O2. The molecule has 1 unspecified atom stereocenters. The predicted octanol–water partition coefficient (Wildman–Crippen LogP) is 3.29. The Morgan fingerprint density at radius 1 is 1.22 bits per heavy atom. The predicted molar refractivity (Wildman–Crippen MR) is 84.1 cm³/mol. The van der Waals surface area contributed by atoms with Gasteiger partial charge >= 0.3 is 0 Å². The van der Waals surface area contributed by atoms with E-state index in [9.17, 15) is 0 Å². The number of para-hydroxylation sites is 1. The maximum Gasteiger partial charge on any atom is 0.290 e. The third-order valence-electron chi connectivity index (χ3n) is 3.94. The Labute approximate surface area is 134 Å². The highest BCUT2D eigenvalue weighted by molar-refractivity contribution is 5.26. The number of nitrogens with zero attached hydrogens (tertiary/aromatic N) is 3. The summed E-state index contributed by atoms with van der Waals surface area (Å²) >= 11 is 0. The first-order valence-electron chi connectivity index (χ1n) is 7.81. The monoisotopic (exact) mass is 310 g/mol. The Morgan fingerprint density at radius 3 is 3.04 bits per heavy atom. The second-order valence-electron chi connectivity index (χ2n) is 5.55. The van der Waals surface area contributed by atoms with Gasteiger partial charge in [0.2, 0.25) is 0 Å². The van der Waals surface area contributed by atoms with Crippen molar-refractivity contribution in [3.8, 4) is 11.7 Å². The van der Waals surface area contributed by atoms with Crippen molar-refractivity contribution >= 4 is 0 Å². The quantitative estimate of drug-likeness (QED) is 0.783. The van der Waals surface area contributed by atoms with Gasteiger partial charge in [-0.25, -0.2) is 9.67 Å². The number of ether oxygens (including phenoxy) is 1. The van der Waals surface area contributed by atoms with Crippen LogP contribution in [0.2, 0.25) is 0 Å². The fourth-order valence-corrected chi connectivity index (χ4v) is 2.82. The van der Waals surface area contributed by atoms with E-state index in [0.717, 1.165) is 36.7 Å². The van der Waals surface area contributed by atoms with Gasteiger partial charge < -0.3 is 14.5 Å². The minimum absolute atomic E-state index is 0.217. The normalized spacial score (nSPS) is 17.0. The first-order chi connectivity index (χ1) is 11.4. The zero-order chi connectivity index (χ0) is 15.5. The molecule has 1 atom stereocenters. The number of nitrogens with one attached hydrogen (secondary N) is 1. The highest BCUT2D eigenvalue weighted by atomic mass is 16.6. The highest BCUT2D eigenvalue weighted by Crippen LogP contribution is 2.25. The van der Waals surface area contributed by atoms with Crippen molar-refractivity contribution in [1.82, 2.24) is 20.1 Å². The molecular weight excluding hydrogens is 292 g/mol. The molecule has 0 saturated carbocycles. The molecule has 0 radical (unpaired) electrons. The van der Waals surface area contributed by atoms with Gasteiger partial charge in [0.15, 0.2) is 0 Å². The smallest absolute Gasteiger partial charge is 0.290 e. The van der Waals surface area contributed by atoms with Crippen LogP contribution in [0.1, 0.15) is 30.5 Å². The van der Waals surface area contributed by atoms with E-state index in [1.54, 1.807) is 6.33 Å². The molecule has 1 aliphatic heterocycles. The Hall–Kier alpha value is -2.60. The number of furan rings is 1. The fourth-order valence-electron chi connectivity index (χ4n) is 2.82. The van der Waals surface area contributed by atoms with Crippen molar-refractivity contribution in [1.29, 1.82) is 0 Å². The van der Waals surface area contributed by atoms with E-state index in [-0.39, 0.29) is 6.04 Å². The number of rotatable bonds is 5. The van der Waals surface area contributed by atoms with Crippen LogP contribution < -0.4 is 10.1 Å². The van der Waals surface area contributed by atoms with E-state index in [0.29, 0.717) is 12.5 Å². The molecule has 118 valence electrons. The lowest BCUT2D eigenvalue weighted by Gasteiger charge is -2.22. The van der Waals surface area contributed by atoms with Gasteiger partial charge in [0, 0.05) is 12.6 Å². The summed E-state index contributed by atoms with van der Waals surface area (Å²) in [6, 6.07) is 13.6. The average Bonchev–Trinajstić information content (AvgIpc) is 3.23. The largest absolute Gasteiger partial charge is 0.429 e. The summed E-state index contributed by atoms with van der Waals surface area (Å²) in [5, 5.41) is 7.72. The minimum Gasteiger partial charge on any atom is -0.429 e. The van der Waals surface area contributed by atoms with Crippen LogP contribution in [-0.4, -0.2) is 14.8 Å². The number of hydrogen-bond donors (Lipinski definition) is 1. The van der Waals surface area contributed by atoms with Crippen molar-refractivity contribution in [2.24, 2.45) is 0 Å². The minimum atomic E-state index is 0.217. The summed E-state index contributed by atoms with van der Waals surface area (Å²) in [6.07, 6.45) is 3.79. The number of aromatic nitrogens is 3. The summed E-state index contributed by atoms with van der Waals surface area (Å²) in [5.41, 5.74) is 0. The molecule has 1 aromatic carbocycles. The van der Waals surface area contributed by atoms with Gasteiger partial charge in [-0.2, -0.15) is 5.10 Å². The first-order valence-corrected chi connectivity index (χ1v) is 7.81. The van der Waals surface area contributed by atoms with E-state index in [4.69, 9.17) is 9.15 Å². The molecule has 0 fully saturated rings. The van der Waals surface area contributed by atoms with Crippen molar-refractivity contribution in [2.45, 2.75) is 32.0 Å². The van der Waals surface area contributed by atoms with Crippen LogP contribution in [0.15, 0.2) is 53.2 Å². The molecule has 23 heavy (non-hydrogen) atoms. The van der Waals surface area contributed by atoms with Gasteiger partial charge in [-0.05, 0) is 31.0 Å². The van der Waals surface area contributed by atoms with Crippen molar-refractivity contribution in [2.75, 3.05) is 0 Å². The van der Waals surface area contributed by atoms with Crippen molar-refractivity contribution in [3.63, 3.8) is 0 Å². The number of hydrogen-bond acceptors (Lipinski definition) is 5. The van der Waals surface area contributed by atoms with E-state index >= 15 is 0 Å². The molecule has 3 heterocycles. The molecule has 0 amide bonds. The summed E-state index contributed by atoms with van der Waals surface area (Å²) in [7, 11) is 0. The number of fused-ring (bicyclic) bond motifs is 1. The highest BCUT2D eigenvalue weighted by Gasteiger charge is 2.22. The first kappa shape index (κ1) is 14.0. The molecule has 0 bridgehead atoms. The van der Waals surface area contributed by atoms with Crippen molar-refractivity contribution in [3.05, 3.63) is 60.4 Å². The molecule has 1 aliphatic rings. The molecule has 2 aromatic heterocycles. The second kappa shape index (κ2) is 6.26. The zero-order valence-electron chi connectivity index (χ0n) is 12.7. The number of aryl methyl sites for hydroxylation is 1. The zero-order valence-corrected chi connectivity index (χ0v) is 12.7. The Bertz CT molecular complexity index is 766. The summed E-state index contributed by atoms with van der Waals surface area (Å²) in [5.74, 6) is 3.11. The lowest BCUT2D eigenvalue weighted by Crippen LogP contribution is -2.28. The Kier molecular flexibility index (Phi) is 3.81. The van der Waals surface area contributed by atoms with Gasteiger partial charge in [-0.1, -0.05) is 18.2 Å². The molecule has 6 nitrogen and oxygen atoms in total. The van der Waals surface area contributed by atoms with Crippen molar-refractivity contribution < 1.29 is 9.15 Å². The van der Waals surface area contributed by atoms with Crippen LogP contribution in [0.5, 0.6) is 11.7 Å². The van der Waals surface area contributed by atoms with Gasteiger partial charge in [-0.3, -0.25) is 0 Å². The number of benzene rings is 1. The van der Waals surface area contributed by atoms with Gasteiger partial charge in [0.25, 0.3) is 5.95 Å². The van der Waals surface area contributed by atoms with E-state index < -0.39 is 0 Å². The van der Waals surface area contributed by atoms with Crippen LogP contribution >= 0.6 is 0 Å². The molecule has 0 aliphatic carbocycles. The second-order valence-corrected chi connectivity index (χ2v) is 5.55. The van der Waals surface area contributed by atoms with Crippen LogP contribution in [0.3, 0.4) is 0 Å². The van der Waals surface area contributed by atoms with Crippen LogP contribution in [0, 0.1) is 0 Å². The fraction of sp³-hybridized carbons (Fsp3) is 0.294. The standard InChI is InChI=1S/C17H18N4O2/c1-2-5-13(6-3-1)22-16-9-8-14(23-16)11-18-15-7-4-10-21-17(15)19-12-20-21/h1-3,5-6,8-9,12,15,18H,4,7,10-11H2. The SMILES string of the molecule is c1ccc(Oc2ccc(CNC3CCCn4ncnc43)o2)cc1. The third kappa shape index (κ3) is 3.12. The van der Waals surface area contributed by atoms with Crippen LogP contribution in [0.4, 0.5) is 0 Å². The third-order valence-corrected chi connectivity index (χ3v) is 3.94. The maximum absolute atomic E-state index is 5.72. The maximum atomic E-state index is 5.72. The molecule has 1 N–H and O–H groups in total. The lowest BCUT2D eigenvalue weighted by molar-refractivity contribution is 0.314. The molecule has 0 spiro atoms. The molecule has 3 aromatic rings. The van der Waals surface area contributed by atoms with E-state index in [1.807, 2.05) is 47.1 Å². The van der Waals surface area contributed by atoms with Gasteiger partial charge in [0.1, 0.15) is 23.7 Å². The molecule has 4 rings (SSSR count). The Balaban J connectivity index is 1.38. The summed E-state index contributed by atoms with van der Waals surface area (Å²) in [4.78, 5) is 4.35. The van der Waals surface area contributed by atoms with Gasteiger partial charge in [-0.15, -0.1) is 0 Å². The summed E-state index contributed by atoms with van der Waals surface area (Å²) in [6.45, 7) is 1.58.